The minimum Gasteiger partial charge on any atom is -0.384 e. The van der Waals surface area contributed by atoms with E-state index in [1.54, 1.807) is 6.92 Å². The summed E-state index contributed by atoms with van der Waals surface area (Å²) in [5, 5.41) is 3.93. The summed E-state index contributed by atoms with van der Waals surface area (Å²) in [4.78, 5) is 3.91. The number of benzene rings is 1. The lowest BCUT2D eigenvalue weighted by molar-refractivity contribution is -0.141. The van der Waals surface area contributed by atoms with Crippen molar-refractivity contribution >= 4 is 16.6 Å². The van der Waals surface area contributed by atoms with E-state index in [-0.39, 0.29) is 5.56 Å². The van der Waals surface area contributed by atoms with Crippen LogP contribution in [0.15, 0.2) is 12.1 Å². The highest BCUT2D eigenvalue weighted by molar-refractivity contribution is 5.97. The van der Waals surface area contributed by atoms with Crippen LogP contribution in [0.5, 0.6) is 0 Å². The van der Waals surface area contributed by atoms with Crippen LogP contribution in [0.1, 0.15) is 35.7 Å². The largest absolute Gasteiger partial charge is 0.433 e. The van der Waals surface area contributed by atoms with Crippen LogP contribution in [-0.2, 0) is 6.18 Å². The van der Waals surface area contributed by atoms with Gasteiger partial charge in [0.25, 0.3) is 0 Å². The van der Waals surface area contributed by atoms with Gasteiger partial charge in [-0.3, -0.25) is 0 Å². The Kier molecular flexibility index (Phi) is 4.12. The smallest absolute Gasteiger partial charge is 0.384 e. The molecular formula is C16H19F3N2. The fourth-order valence-corrected chi connectivity index (χ4v) is 2.50. The lowest BCUT2D eigenvalue weighted by Crippen LogP contribution is -2.14. The minimum absolute atomic E-state index is 0.164. The molecule has 0 aliphatic rings. The molecule has 0 atom stereocenters. The SMILES string of the molecule is CCCNc1c(C)c(C(F)(F)F)nc2c(C)ccc(C)c12. The molecule has 0 unspecified atom stereocenters. The lowest BCUT2D eigenvalue weighted by Gasteiger charge is -2.19. The maximum Gasteiger partial charge on any atom is 0.433 e. The third kappa shape index (κ3) is 2.82. The van der Waals surface area contributed by atoms with Crippen LogP contribution in [0.2, 0.25) is 0 Å². The van der Waals surface area contributed by atoms with Crippen molar-refractivity contribution in [2.75, 3.05) is 11.9 Å². The molecule has 2 aromatic rings. The zero-order valence-electron chi connectivity index (χ0n) is 12.7. The molecule has 114 valence electrons. The van der Waals surface area contributed by atoms with Crippen LogP contribution in [0, 0.1) is 20.8 Å². The molecule has 5 heteroatoms. The Bertz CT molecular complexity index is 676. The van der Waals surface area contributed by atoms with Crippen molar-refractivity contribution in [2.45, 2.75) is 40.3 Å². The molecule has 1 aromatic heterocycles. The minimum atomic E-state index is -4.45. The predicted octanol–water partition coefficient (Wildman–Crippen LogP) is 5.00. The van der Waals surface area contributed by atoms with E-state index in [9.17, 15) is 13.2 Å². The third-order valence-corrected chi connectivity index (χ3v) is 3.61. The fourth-order valence-electron chi connectivity index (χ4n) is 2.50. The highest BCUT2D eigenvalue weighted by atomic mass is 19.4. The van der Waals surface area contributed by atoms with Crippen molar-refractivity contribution in [1.82, 2.24) is 4.98 Å². The van der Waals surface area contributed by atoms with Gasteiger partial charge in [0.2, 0.25) is 0 Å². The van der Waals surface area contributed by atoms with Gasteiger partial charge in [-0.1, -0.05) is 19.1 Å². The van der Waals surface area contributed by atoms with E-state index in [1.165, 1.54) is 6.92 Å². The molecular weight excluding hydrogens is 277 g/mol. The van der Waals surface area contributed by atoms with Gasteiger partial charge in [-0.15, -0.1) is 0 Å². The second-order valence-electron chi connectivity index (χ2n) is 5.31. The molecule has 0 fully saturated rings. The molecule has 1 heterocycles. The third-order valence-electron chi connectivity index (χ3n) is 3.61. The summed E-state index contributed by atoms with van der Waals surface area (Å²) < 4.78 is 39.7. The number of hydrogen-bond donors (Lipinski definition) is 1. The summed E-state index contributed by atoms with van der Waals surface area (Å²) in [6.45, 7) is 7.77. The molecule has 0 saturated heterocycles. The number of anilines is 1. The van der Waals surface area contributed by atoms with Gasteiger partial charge in [-0.2, -0.15) is 13.2 Å². The van der Waals surface area contributed by atoms with Crippen molar-refractivity contribution in [3.8, 4) is 0 Å². The van der Waals surface area contributed by atoms with E-state index < -0.39 is 11.9 Å². The summed E-state index contributed by atoms with van der Waals surface area (Å²) >= 11 is 0. The number of nitrogens with one attached hydrogen (secondary N) is 1. The molecule has 2 rings (SSSR count). The van der Waals surface area contributed by atoms with Crippen LogP contribution in [0.4, 0.5) is 18.9 Å². The van der Waals surface area contributed by atoms with E-state index in [2.05, 4.69) is 10.3 Å². The van der Waals surface area contributed by atoms with E-state index in [0.29, 0.717) is 17.7 Å². The highest BCUT2D eigenvalue weighted by Gasteiger charge is 2.36. The second-order valence-corrected chi connectivity index (χ2v) is 5.31. The number of hydrogen-bond acceptors (Lipinski definition) is 2. The second kappa shape index (κ2) is 5.54. The first-order chi connectivity index (χ1) is 9.77. The molecule has 0 bridgehead atoms. The van der Waals surface area contributed by atoms with Gasteiger partial charge < -0.3 is 5.32 Å². The van der Waals surface area contributed by atoms with Gasteiger partial charge in [0.1, 0.15) is 5.69 Å². The Labute approximate surface area is 122 Å². The van der Waals surface area contributed by atoms with Crippen molar-refractivity contribution in [2.24, 2.45) is 0 Å². The number of alkyl halides is 3. The average Bonchev–Trinajstić information content (AvgIpc) is 2.40. The maximum atomic E-state index is 13.2. The van der Waals surface area contributed by atoms with Crippen LogP contribution in [0.3, 0.4) is 0 Å². The number of aryl methyl sites for hydroxylation is 2. The summed E-state index contributed by atoms with van der Waals surface area (Å²) in [5.74, 6) is 0. The Hall–Kier alpha value is -1.78. The van der Waals surface area contributed by atoms with Crippen LogP contribution >= 0.6 is 0 Å². The zero-order valence-corrected chi connectivity index (χ0v) is 12.7. The van der Waals surface area contributed by atoms with Gasteiger partial charge >= 0.3 is 6.18 Å². The monoisotopic (exact) mass is 296 g/mol. The van der Waals surface area contributed by atoms with Gasteiger partial charge in [-0.05, 0) is 38.3 Å². The molecule has 21 heavy (non-hydrogen) atoms. The number of halogens is 3. The highest BCUT2D eigenvalue weighted by Crippen LogP contribution is 2.38. The van der Waals surface area contributed by atoms with Gasteiger partial charge in [0, 0.05) is 23.2 Å². The van der Waals surface area contributed by atoms with Gasteiger partial charge in [-0.25, -0.2) is 4.98 Å². The van der Waals surface area contributed by atoms with E-state index in [0.717, 1.165) is 22.9 Å². The van der Waals surface area contributed by atoms with Crippen LogP contribution in [-0.4, -0.2) is 11.5 Å². The normalized spacial score (nSPS) is 12.0. The molecule has 0 aliphatic heterocycles. The van der Waals surface area contributed by atoms with Crippen molar-refractivity contribution < 1.29 is 13.2 Å². The standard InChI is InChI=1S/C16H19F3N2/c1-5-8-20-14-11(4)15(16(17,18)19)21-13-10(3)7-6-9(2)12(13)14/h6-7H,5,8H2,1-4H3,(H,20,21). The number of rotatable bonds is 3. The first-order valence-corrected chi connectivity index (χ1v) is 6.99. The number of pyridine rings is 1. The average molecular weight is 296 g/mol. The Morgan fingerprint density at radius 1 is 1.10 bits per heavy atom. The Morgan fingerprint density at radius 3 is 2.29 bits per heavy atom. The van der Waals surface area contributed by atoms with E-state index >= 15 is 0 Å². The Morgan fingerprint density at radius 2 is 1.71 bits per heavy atom. The van der Waals surface area contributed by atoms with Crippen LogP contribution < -0.4 is 5.32 Å². The number of aromatic nitrogens is 1. The number of nitrogens with zero attached hydrogens (tertiary/aromatic N) is 1. The Balaban J connectivity index is 2.86. The van der Waals surface area contributed by atoms with E-state index in [4.69, 9.17) is 0 Å². The predicted molar refractivity (Wildman–Crippen MR) is 79.7 cm³/mol. The first kappa shape index (κ1) is 15.6. The molecule has 0 spiro atoms. The molecule has 0 saturated carbocycles. The zero-order chi connectivity index (χ0) is 15.8. The molecule has 2 nitrogen and oxygen atoms in total. The van der Waals surface area contributed by atoms with Gasteiger partial charge in [0.05, 0.1) is 5.52 Å². The summed E-state index contributed by atoms with van der Waals surface area (Å²) in [5.41, 5.74) is 2.01. The van der Waals surface area contributed by atoms with Crippen molar-refractivity contribution in [3.05, 3.63) is 34.5 Å². The molecule has 0 amide bonds. The van der Waals surface area contributed by atoms with E-state index in [1.807, 2.05) is 26.0 Å². The maximum absolute atomic E-state index is 13.2. The topological polar surface area (TPSA) is 24.9 Å². The fraction of sp³-hybridized carbons (Fsp3) is 0.438. The summed E-state index contributed by atoms with van der Waals surface area (Å²) in [6, 6.07) is 3.73. The molecule has 0 radical (unpaired) electrons. The molecule has 1 N–H and O–H groups in total. The quantitative estimate of drug-likeness (QED) is 0.862. The molecule has 1 aromatic carbocycles. The molecule has 0 aliphatic carbocycles. The van der Waals surface area contributed by atoms with Gasteiger partial charge in [0.15, 0.2) is 0 Å². The summed E-state index contributed by atoms with van der Waals surface area (Å²) in [7, 11) is 0. The van der Waals surface area contributed by atoms with Crippen molar-refractivity contribution in [3.63, 3.8) is 0 Å². The number of fused-ring (bicyclic) bond motifs is 1. The van der Waals surface area contributed by atoms with Crippen molar-refractivity contribution in [1.29, 1.82) is 0 Å². The van der Waals surface area contributed by atoms with Crippen LogP contribution in [0.25, 0.3) is 10.9 Å². The first-order valence-electron chi connectivity index (χ1n) is 6.99. The summed E-state index contributed by atoms with van der Waals surface area (Å²) in [6.07, 6.45) is -3.60. The lowest BCUT2D eigenvalue weighted by atomic mass is 9.99.